The summed E-state index contributed by atoms with van der Waals surface area (Å²) < 4.78 is 27.2. The van der Waals surface area contributed by atoms with Gasteiger partial charge in [0, 0.05) is 32.7 Å². The maximum Gasteiger partial charge on any atom is 0.233 e. The van der Waals surface area contributed by atoms with Crippen LogP contribution in [0.1, 0.15) is 36.4 Å². The van der Waals surface area contributed by atoms with Crippen molar-refractivity contribution in [3.8, 4) is 0 Å². The highest BCUT2D eigenvalue weighted by Crippen LogP contribution is 2.65. The molecule has 0 aromatic heterocycles. The number of allylic oxidation sites excluding steroid dienone is 2. The van der Waals surface area contributed by atoms with Gasteiger partial charge in [-0.15, -0.1) is 0 Å². The normalized spacial score (nSPS) is 31.7. The van der Waals surface area contributed by atoms with Crippen LogP contribution in [-0.2, 0) is 9.59 Å². The Bertz CT molecular complexity index is 1190. The van der Waals surface area contributed by atoms with Crippen molar-refractivity contribution in [2.24, 2.45) is 35.5 Å². The number of unbranched alkanes of at least 4 members (excludes halogenated alkanes) is 1. The molecule has 204 valence electrons. The Hall–Kier alpha value is -2.90. The second-order valence-corrected chi connectivity index (χ2v) is 12.1. The Morgan fingerprint density at radius 1 is 0.692 bits per heavy atom. The number of imide groups is 1. The fraction of sp³-hybridized carbons (Fsp3) is 0.500. The highest BCUT2D eigenvalue weighted by Gasteiger charge is 2.66. The molecule has 6 aliphatic rings. The monoisotopic (exact) mass is 531 g/mol. The van der Waals surface area contributed by atoms with Gasteiger partial charge < -0.3 is 4.90 Å². The minimum atomic E-state index is -0.266. The lowest BCUT2D eigenvalue weighted by molar-refractivity contribution is -0.140. The van der Waals surface area contributed by atoms with Crippen molar-refractivity contribution in [2.45, 2.75) is 25.3 Å². The van der Waals surface area contributed by atoms with Crippen molar-refractivity contribution in [2.75, 3.05) is 39.3 Å². The van der Waals surface area contributed by atoms with Crippen molar-refractivity contribution < 1.29 is 18.4 Å². The van der Waals surface area contributed by atoms with Gasteiger partial charge in [0.1, 0.15) is 11.6 Å². The Kier molecular flexibility index (Phi) is 6.39. The van der Waals surface area contributed by atoms with Crippen LogP contribution in [0.3, 0.4) is 0 Å². The third-order valence-corrected chi connectivity index (χ3v) is 10.0. The van der Waals surface area contributed by atoms with Crippen LogP contribution in [0.25, 0.3) is 0 Å². The molecule has 6 unspecified atom stereocenters. The number of amides is 2. The van der Waals surface area contributed by atoms with E-state index in [4.69, 9.17) is 0 Å². The zero-order valence-electron chi connectivity index (χ0n) is 22.1. The summed E-state index contributed by atoms with van der Waals surface area (Å²) in [5.41, 5.74) is 2.00. The van der Waals surface area contributed by atoms with Crippen LogP contribution in [0, 0.1) is 47.1 Å². The predicted octanol–water partition coefficient (Wildman–Crippen LogP) is 4.51. The van der Waals surface area contributed by atoms with Crippen LogP contribution in [0.2, 0.25) is 0 Å². The second kappa shape index (κ2) is 9.93. The van der Waals surface area contributed by atoms with Crippen LogP contribution < -0.4 is 0 Å². The van der Waals surface area contributed by atoms with Crippen LogP contribution in [0.15, 0.2) is 60.7 Å². The third-order valence-electron chi connectivity index (χ3n) is 10.0. The molecule has 2 saturated carbocycles. The number of carbonyl (C=O) groups is 2. The summed E-state index contributed by atoms with van der Waals surface area (Å²) in [6, 6.07) is 13.1. The molecule has 2 amide bonds. The average molecular weight is 532 g/mol. The number of carbonyl (C=O) groups excluding carboxylic acids is 2. The number of hydrogen-bond donors (Lipinski definition) is 0. The number of piperazine rings is 1. The summed E-state index contributed by atoms with van der Waals surface area (Å²) in [6.07, 6.45) is 7.43. The van der Waals surface area contributed by atoms with E-state index in [2.05, 4.69) is 22.0 Å². The van der Waals surface area contributed by atoms with Gasteiger partial charge in [-0.1, -0.05) is 36.4 Å². The molecular formula is C32H35F2N3O2. The van der Waals surface area contributed by atoms with Crippen LogP contribution >= 0.6 is 0 Å². The fourth-order valence-electron chi connectivity index (χ4n) is 7.99. The summed E-state index contributed by atoms with van der Waals surface area (Å²) >= 11 is 0. The number of rotatable bonds is 8. The summed E-state index contributed by atoms with van der Waals surface area (Å²) in [5, 5.41) is 0. The molecule has 2 aliphatic heterocycles. The number of hydrogen-bond acceptors (Lipinski definition) is 4. The Labute approximate surface area is 228 Å². The third kappa shape index (κ3) is 4.44. The molecule has 2 bridgehead atoms. The molecular weight excluding hydrogens is 496 g/mol. The topological polar surface area (TPSA) is 43.9 Å². The zero-order valence-corrected chi connectivity index (χ0v) is 22.1. The first kappa shape index (κ1) is 25.1. The first-order valence-corrected chi connectivity index (χ1v) is 14.5. The second-order valence-electron chi connectivity index (χ2n) is 12.1. The molecule has 4 aliphatic carbocycles. The molecule has 0 spiro atoms. The smallest absolute Gasteiger partial charge is 0.233 e. The van der Waals surface area contributed by atoms with E-state index in [-0.39, 0.29) is 53.2 Å². The van der Waals surface area contributed by atoms with E-state index in [9.17, 15) is 18.4 Å². The molecule has 7 heteroatoms. The Balaban J connectivity index is 0.920. The highest BCUT2D eigenvalue weighted by atomic mass is 19.1. The first-order valence-electron chi connectivity index (χ1n) is 14.5. The highest BCUT2D eigenvalue weighted by molar-refractivity contribution is 6.06. The van der Waals surface area contributed by atoms with Gasteiger partial charge in [0.2, 0.25) is 11.8 Å². The van der Waals surface area contributed by atoms with Gasteiger partial charge in [-0.25, -0.2) is 8.78 Å². The van der Waals surface area contributed by atoms with Crippen LogP contribution in [0.5, 0.6) is 0 Å². The van der Waals surface area contributed by atoms with Crippen LogP contribution in [0.4, 0.5) is 8.78 Å². The first-order chi connectivity index (χ1) is 19.0. The fourth-order valence-corrected chi connectivity index (χ4v) is 7.99. The molecule has 6 atom stereocenters. The number of halogens is 2. The minimum Gasteiger partial charge on any atom is -0.301 e. The summed E-state index contributed by atoms with van der Waals surface area (Å²) in [4.78, 5) is 32.8. The summed E-state index contributed by atoms with van der Waals surface area (Å²) in [5.74, 6) is 1.29. The number of likely N-dealkylation sites (tertiary alicyclic amines) is 1. The van der Waals surface area contributed by atoms with E-state index in [1.807, 2.05) is 24.3 Å². The largest absolute Gasteiger partial charge is 0.301 e. The van der Waals surface area contributed by atoms with E-state index in [1.165, 1.54) is 30.7 Å². The van der Waals surface area contributed by atoms with E-state index in [0.717, 1.165) is 56.7 Å². The van der Waals surface area contributed by atoms with Crippen molar-refractivity contribution in [3.05, 3.63) is 83.4 Å². The van der Waals surface area contributed by atoms with Crippen molar-refractivity contribution >= 4 is 11.8 Å². The van der Waals surface area contributed by atoms with Gasteiger partial charge in [-0.3, -0.25) is 19.4 Å². The number of nitrogens with zero attached hydrogens (tertiary/aromatic N) is 3. The van der Waals surface area contributed by atoms with Gasteiger partial charge in [-0.2, -0.15) is 0 Å². The van der Waals surface area contributed by atoms with E-state index < -0.39 is 0 Å². The maximum absolute atomic E-state index is 13.6. The lowest BCUT2D eigenvalue weighted by Gasteiger charge is -2.40. The molecule has 8 rings (SSSR count). The van der Waals surface area contributed by atoms with E-state index >= 15 is 0 Å². The SMILES string of the molecule is O=C1C2C3C=CC(C4CC34)C2C(=O)N1CCCCN1CCN(C(c2ccc(F)cc2)c2ccc(F)cc2)CC1. The van der Waals surface area contributed by atoms with Gasteiger partial charge >= 0.3 is 0 Å². The molecule has 5 nitrogen and oxygen atoms in total. The Morgan fingerprint density at radius 3 is 1.69 bits per heavy atom. The van der Waals surface area contributed by atoms with Crippen LogP contribution in [-0.4, -0.2) is 65.8 Å². The molecule has 2 saturated heterocycles. The molecule has 2 aromatic carbocycles. The predicted molar refractivity (Wildman–Crippen MR) is 143 cm³/mol. The van der Waals surface area contributed by atoms with Gasteiger partial charge in [-0.05, 0) is 84.9 Å². The zero-order chi connectivity index (χ0) is 26.7. The summed E-state index contributed by atoms with van der Waals surface area (Å²) in [7, 11) is 0. The quantitative estimate of drug-likeness (QED) is 0.286. The molecule has 0 radical (unpaired) electrons. The summed E-state index contributed by atoms with van der Waals surface area (Å²) in [6.45, 7) is 4.99. The lowest BCUT2D eigenvalue weighted by Crippen LogP contribution is -2.48. The molecule has 2 aromatic rings. The maximum atomic E-state index is 13.6. The van der Waals surface area contributed by atoms with E-state index in [1.54, 1.807) is 4.90 Å². The molecule has 2 heterocycles. The number of benzene rings is 2. The lowest BCUT2D eigenvalue weighted by atomic mass is 9.63. The average Bonchev–Trinajstić information content (AvgIpc) is 3.74. The molecule has 4 fully saturated rings. The molecule has 39 heavy (non-hydrogen) atoms. The Morgan fingerprint density at radius 2 is 1.18 bits per heavy atom. The molecule has 0 N–H and O–H groups in total. The van der Waals surface area contributed by atoms with E-state index in [0.29, 0.717) is 18.4 Å². The standard InChI is InChI=1S/C32H35F2N3O2/c33-22-7-3-20(4-8-22)30(21-5-9-23(34)10-6-21)36-17-15-35(16-18-36)13-1-2-14-37-31(38)28-24-11-12-25(27-19-26(24)27)29(28)32(37)39/h3-12,24-30H,1-2,13-19H2. The van der Waals surface area contributed by atoms with Gasteiger partial charge in [0.25, 0.3) is 0 Å². The van der Waals surface area contributed by atoms with Crippen molar-refractivity contribution in [3.63, 3.8) is 0 Å². The van der Waals surface area contributed by atoms with Crippen molar-refractivity contribution in [1.82, 2.24) is 14.7 Å². The minimum absolute atomic E-state index is 0.0557. The van der Waals surface area contributed by atoms with Gasteiger partial charge in [0.15, 0.2) is 0 Å². The van der Waals surface area contributed by atoms with Gasteiger partial charge in [0.05, 0.1) is 17.9 Å². The van der Waals surface area contributed by atoms with Crippen molar-refractivity contribution in [1.29, 1.82) is 0 Å².